The molecule has 0 atom stereocenters. The van der Waals surface area contributed by atoms with E-state index >= 15 is 0 Å². The molecule has 1 heterocycles. The zero-order valence-electron chi connectivity index (χ0n) is 12.1. The van der Waals surface area contributed by atoms with Crippen LogP contribution < -0.4 is 5.73 Å². The van der Waals surface area contributed by atoms with Crippen LogP contribution in [0.4, 0.5) is 5.69 Å². The molecule has 0 bridgehead atoms. The molecule has 1 aromatic heterocycles. The lowest BCUT2D eigenvalue weighted by atomic mass is 10.1. The molecule has 1 aromatic carbocycles. The first-order valence-electron chi connectivity index (χ1n) is 6.65. The third kappa shape index (κ3) is 4.07. The average molecular weight is 352 g/mol. The smallest absolute Gasteiger partial charge is 0.306 e. The molecule has 0 spiro atoms. The summed E-state index contributed by atoms with van der Waals surface area (Å²) in [6.07, 6.45) is 0.989. The standard InChI is InChI=1S/C15H18BrN3O2/c1-10-15(16)13(19(2)18-10)9-21-14(20)8-5-11-3-6-12(17)7-4-11/h3-4,6-7H,5,8-9,17H2,1-2H3. The van der Waals surface area contributed by atoms with Gasteiger partial charge in [-0.2, -0.15) is 5.10 Å². The van der Waals surface area contributed by atoms with Gasteiger partial charge in [0.15, 0.2) is 0 Å². The fraction of sp³-hybridized carbons (Fsp3) is 0.333. The summed E-state index contributed by atoms with van der Waals surface area (Å²) in [7, 11) is 1.83. The minimum atomic E-state index is -0.224. The van der Waals surface area contributed by atoms with Gasteiger partial charge in [0.2, 0.25) is 0 Å². The second-order valence-electron chi connectivity index (χ2n) is 4.87. The number of hydrogen-bond donors (Lipinski definition) is 1. The lowest BCUT2D eigenvalue weighted by Crippen LogP contribution is -2.09. The number of nitrogens with two attached hydrogens (primary N) is 1. The summed E-state index contributed by atoms with van der Waals surface area (Å²) in [5.74, 6) is -0.224. The van der Waals surface area contributed by atoms with Crippen molar-refractivity contribution in [3.8, 4) is 0 Å². The van der Waals surface area contributed by atoms with Crippen LogP contribution >= 0.6 is 15.9 Å². The first-order valence-corrected chi connectivity index (χ1v) is 7.44. The van der Waals surface area contributed by atoms with Crippen LogP contribution in [0.5, 0.6) is 0 Å². The minimum Gasteiger partial charge on any atom is -0.459 e. The number of esters is 1. The van der Waals surface area contributed by atoms with Crippen LogP contribution in [-0.2, 0) is 29.6 Å². The largest absolute Gasteiger partial charge is 0.459 e. The summed E-state index contributed by atoms with van der Waals surface area (Å²) in [6, 6.07) is 7.50. The number of carbonyl (C=O) groups is 1. The van der Waals surface area contributed by atoms with Crippen molar-refractivity contribution in [1.82, 2.24) is 9.78 Å². The summed E-state index contributed by atoms with van der Waals surface area (Å²) >= 11 is 3.45. The molecule has 0 aliphatic heterocycles. The van der Waals surface area contributed by atoms with E-state index in [9.17, 15) is 4.79 Å². The third-order valence-electron chi connectivity index (χ3n) is 3.23. The van der Waals surface area contributed by atoms with Crippen molar-refractivity contribution in [3.63, 3.8) is 0 Å². The Morgan fingerprint density at radius 2 is 2.05 bits per heavy atom. The molecule has 2 N–H and O–H groups in total. The molecule has 21 heavy (non-hydrogen) atoms. The van der Waals surface area contributed by atoms with Gasteiger partial charge >= 0.3 is 5.97 Å². The molecule has 0 saturated heterocycles. The minimum absolute atomic E-state index is 0.221. The zero-order valence-corrected chi connectivity index (χ0v) is 13.7. The van der Waals surface area contributed by atoms with E-state index < -0.39 is 0 Å². The van der Waals surface area contributed by atoms with E-state index in [1.807, 2.05) is 38.2 Å². The number of hydrogen-bond acceptors (Lipinski definition) is 4. The molecule has 0 saturated carbocycles. The van der Waals surface area contributed by atoms with Gasteiger partial charge in [-0.05, 0) is 47.0 Å². The second-order valence-corrected chi connectivity index (χ2v) is 5.66. The molecule has 0 aliphatic carbocycles. The number of aromatic nitrogens is 2. The van der Waals surface area contributed by atoms with Crippen molar-refractivity contribution in [2.45, 2.75) is 26.4 Å². The van der Waals surface area contributed by atoms with Gasteiger partial charge in [-0.15, -0.1) is 0 Å². The molecule has 112 valence electrons. The first-order chi connectivity index (χ1) is 9.97. The Hall–Kier alpha value is -1.82. The zero-order chi connectivity index (χ0) is 15.4. The van der Waals surface area contributed by atoms with Crippen LogP contribution in [0.1, 0.15) is 23.4 Å². The Morgan fingerprint density at radius 1 is 1.38 bits per heavy atom. The van der Waals surface area contributed by atoms with Gasteiger partial charge in [0, 0.05) is 19.2 Å². The predicted octanol–water partition coefficient (Wildman–Crippen LogP) is 2.75. The van der Waals surface area contributed by atoms with Crippen molar-refractivity contribution >= 4 is 27.6 Å². The topological polar surface area (TPSA) is 70.1 Å². The highest BCUT2D eigenvalue weighted by atomic mass is 79.9. The molecule has 2 rings (SSSR count). The Balaban J connectivity index is 1.83. The highest BCUT2D eigenvalue weighted by Gasteiger charge is 2.12. The van der Waals surface area contributed by atoms with Gasteiger partial charge in [-0.1, -0.05) is 12.1 Å². The molecule has 0 fully saturated rings. The first kappa shape index (κ1) is 15.6. The van der Waals surface area contributed by atoms with Gasteiger partial charge < -0.3 is 10.5 Å². The normalized spacial score (nSPS) is 10.6. The molecular weight excluding hydrogens is 334 g/mol. The van der Waals surface area contributed by atoms with E-state index in [4.69, 9.17) is 10.5 Å². The van der Waals surface area contributed by atoms with Crippen LogP contribution in [0.3, 0.4) is 0 Å². The van der Waals surface area contributed by atoms with Gasteiger partial charge in [-0.3, -0.25) is 9.48 Å². The van der Waals surface area contributed by atoms with Crippen LogP contribution in [0.25, 0.3) is 0 Å². The number of rotatable bonds is 5. The van der Waals surface area contributed by atoms with Crippen molar-refractivity contribution in [3.05, 3.63) is 45.7 Å². The number of benzene rings is 1. The van der Waals surface area contributed by atoms with E-state index in [2.05, 4.69) is 21.0 Å². The van der Waals surface area contributed by atoms with Crippen molar-refractivity contribution in [1.29, 1.82) is 0 Å². The van der Waals surface area contributed by atoms with Crippen LogP contribution in [0, 0.1) is 6.92 Å². The lowest BCUT2D eigenvalue weighted by Gasteiger charge is -2.06. The maximum absolute atomic E-state index is 11.8. The predicted molar refractivity (Wildman–Crippen MR) is 84.6 cm³/mol. The summed E-state index contributed by atoms with van der Waals surface area (Å²) < 4.78 is 7.89. The van der Waals surface area contributed by atoms with E-state index in [1.165, 1.54) is 0 Å². The number of nitrogens with zero attached hydrogens (tertiary/aromatic N) is 2. The summed E-state index contributed by atoms with van der Waals surface area (Å²) in [5, 5.41) is 4.26. The van der Waals surface area contributed by atoms with Crippen LogP contribution in [0.2, 0.25) is 0 Å². The van der Waals surface area contributed by atoms with Crippen molar-refractivity contribution < 1.29 is 9.53 Å². The molecule has 0 amide bonds. The Labute approximate surface area is 132 Å². The Kier molecular flexibility index (Phi) is 5.01. The van der Waals surface area contributed by atoms with E-state index in [1.54, 1.807) is 4.68 Å². The number of halogens is 1. The fourth-order valence-corrected chi connectivity index (χ4v) is 2.44. The molecule has 0 radical (unpaired) electrons. The molecule has 0 aliphatic rings. The number of ether oxygens (including phenoxy) is 1. The molecule has 6 heteroatoms. The summed E-state index contributed by atoms with van der Waals surface area (Å²) in [4.78, 5) is 11.8. The monoisotopic (exact) mass is 351 g/mol. The fourth-order valence-electron chi connectivity index (χ4n) is 1.99. The van der Waals surface area contributed by atoms with Gasteiger partial charge in [0.25, 0.3) is 0 Å². The van der Waals surface area contributed by atoms with Gasteiger partial charge in [0.05, 0.1) is 15.9 Å². The maximum Gasteiger partial charge on any atom is 0.306 e. The molecular formula is C15H18BrN3O2. The number of carbonyl (C=O) groups excluding carboxylic acids is 1. The van der Waals surface area contributed by atoms with Gasteiger partial charge in [0.1, 0.15) is 6.61 Å². The summed E-state index contributed by atoms with van der Waals surface area (Å²) in [5.41, 5.74) is 9.14. The highest BCUT2D eigenvalue weighted by molar-refractivity contribution is 9.10. The van der Waals surface area contributed by atoms with E-state index in [0.717, 1.165) is 27.1 Å². The van der Waals surface area contributed by atoms with E-state index in [-0.39, 0.29) is 12.6 Å². The Bertz CT molecular complexity index is 635. The molecule has 0 unspecified atom stereocenters. The van der Waals surface area contributed by atoms with Crippen molar-refractivity contribution in [2.75, 3.05) is 5.73 Å². The highest BCUT2D eigenvalue weighted by Crippen LogP contribution is 2.21. The quantitative estimate of drug-likeness (QED) is 0.664. The molecule has 2 aromatic rings. The number of aryl methyl sites for hydroxylation is 3. The Morgan fingerprint density at radius 3 is 2.62 bits per heavy atom. The van der Waals surface area contributed by atoms with Crippen molar-refractivity contribution in [2.24, 2.45) is 7.05 Å². The van der Waals surface area contributed by atoms with Crippen LogP contribution in [0.15, 0.2) is 28.7 Å². The number of anilines is 1. The third-order valence-corrected chi connectivity index (χ3v) is 4.26. The van der Waals surface area contributed by atoms with Gasteiger partial charge in [-0.25, -0.2) is 0 Å². The van der Waals surface area contributed by atoms with Crippen LogP contribution in [-0.4, -0.2) is 15.7 Å². The SMILES string of the molecule is Cc1nn(C)c(COC(=O)CCc2ccc(N)cc2)c1Br. The maximum atomic E-state index is 11.8. The van der Waals surface area contributed by atoms with E-state index in [0.29, 0.717) is 12.8 Å². The summed E-state index contributed by atoms with van der Waals surface area (Å²) in [6.45, 7) is 2.12. The molecule has 5 nitrogen and oxygen atoms in total. The second kappa shape index (κ2) is 6.76. The number of nitrogen functional groups attached to an aromatic ring is 1. The lowest BCUT2D eigenvalue weighted by molar-refractivity contribution is -0.145. The average Bonchev–Trinajstić information content (AvgIpc) is 2.69.